The summed E-state index contributed by atoms with van der Waals surface area (Å²) in [6.07, 6.45) is 5.56. The molecule has 0 radical (unpaired) electrons. The molecule has 0 aliphatic rings. The Bertz CT molecular complexity index is 571. The summed E-state index contributed by atoms with van der Waals surface area (Å²) in [5.41, 5.74) is 0.0319. The van der Waals surface area contributed by atoms with E-state index in [9.17, 15) is 4.79 Å². The van der Waals surface area contributed by atoms with Crippen LogP contribution in [0.2, 0.25) is 0 Å². The van der Waals surface area contributed by atoms with Crippen molar-refractivity contribution in [3.8, 4) is 0 Å². The molecule has 2 rings (SSSR count). The molecule has 2 heterocycles. The van der Waals surface area contributed by atoms with E-state index in [0.717, 1.165) is 18.9 Å². The lowest BCUT2D eigenvalue weighted by atomic mass is 10.4. The Morgan fingerprint density at radius 1 is 1.21 bits per heavy atom. The van der Waals surface area contributed by atoms with Gasteiger partial charge in [-0.3, -0.25) is 4.79 Å². The van der Waals surface area contributed by atoms with Crippen molar-refractivity contribution >= 4 is 0 Å². The fourth-order valence-corrected chi connectivity index (χ4v) is 1.87. The van der Waals surface area contributed by atoms with Gasteiger partial charge in [0.15, 0.2) is 0 Å². The molecule has 0 fully saturated rings. The van der Waals surface area contributed by atoms with Crippen molar-refractivity contribution < 1.29 is 0 Å². The summed E-state index contributed by atoms with van der Waals surface area (Å²) >= 11 is 0. The van der Waals surface area contributed by atoms with Crippen molar-refractivity contribution in [2.75, 3.05) is 0 Å². The van der Waals surface area contributed by atoms with Crippen molar-refractivity contribution in [3.63, 3.8) is 0 Å². The first-order chi connectivity index (χ1) is 9.16. The zero-order valence-electron chi connectivity index (χ0n) is 11.4. The lowest BCUT2D eigenvalue weighted by Crippen LogP contribution is -2.25. The Morgan fingerprint density at radius 3 is 2.74 bits per heavy atom. The average Bonchev–Trinajstić information content (AvgIpc) is 2.83. The van der Waals surface area contributed by atoms with Crippen LogP contribution in [0.25, 0.3) is 0 Å². The van der Waals surface area contributed by atoms with Crippen molar-refractivity contribution in [3.05, 3.63) is 53.0 Å². The van der Waals surface area contributed by atoms with Crippen LogP contribution in [-0.4, -0.2) is 20.2 Å². The van der Waals surface area contributed by atoms with Gasteiger partial charge in [-0.1, -0.05) is 19.9 Å². The van der Waals surface area contributed by atoms with Gasteiger partial charge >= 0.3 is 0 Å². The van der Waals surface area contributed by atoms with E-state index in [0.29, 0.717) is 12.6 Å². The third-order valence-electron chi connectivity index (χ3n) is 2.95. The zero-order chi connectivity index (χ0) is 13.7. The molecule has 2 aromatic heterocycles. The predicted octanol–water partition coefficient (Wildman–Crippen LogP) is 1.24. The lowest BCUT2D eigenvalue weighted by molar-refractivity contribution is 0.513. The molecule has 0 saturated carbocycles. The summed E-state index contributed by atoms with van der Waals surface area (Å²) in [6.45, 7) is 6.37. The van der Waals surface area contributed by atoms with Crippen LogP contribution in [0.5, 0.6) is 0 Å². The van der Waals surface area contributed by atoms with Gasteiger partial charge in [-0.2, -0.15) is 0 Å². The highest BCUT2D eigenvalue weighted by molar-refractivity contribution is 4.95. The molecule has 0 aliphatic carbocycles. The first-order valence-corrected chi connectivity index (χ1v) is 6.55. The number of aromatic nitrogens is 3. The Kier molecular flexibility index (Phi) is 4.52. The molecule has 0 bridgehead atoms. The van der Waals surface area contributed by atoms with Crippen LogP contribution in [0.3, 0.4) is 0 Å². The van der Waals surface area contributed by atoms with Gasteiger partial charge in [-0.15, -0.1) is 0 Å². The van der Waals surface area contributed by atoms with Crippen molar-refractivity contribution in [1.82, 2.24) is 19.4 Å². The van der Waals surface area contributed by atoms with E-state index in [4.69, 9.17) is 0 Å². The molecule has 5 heteroatoms. The third-order valence-corrected chi connectivity index (χ3v) is 2.95. The Balaban J connectivity index is 1.98. The highest BCUT2D eigenvalue weighted by atomic mass is 16.1. The molecular weight excluding hydrogens is 240 g/mol. The van der Waals surface area contributed by atoms with Crippen molar-refractivity contribution in [2.24, 2.45) is 0 Å². The summed E-state index contributed by atoms with van der Waals surface area (Å²) in [7, 11) is 0. The van der Waals surface area contributed by atoms with Gasteiger partial charge in [0.05, 0.1) is 6.54 Å². The first-order valence-electron chi connectivity index (χ1n) is 6.55. The smallest absolute Gasteiger partial charge is 0.250 e. The minimum absolute atomic E-state index is 0.0319. The zero-order valence-corrected chi connectivity index (χ0v) is 11.4. The molecule has 2 aromatic rings. The molecule has 0 saturated heterocycles. The molecule has 19 heavy (non-hydrogen) atoms. The summed E-state index contributed by atoms with van der Waals surface area (Å²) in [6, 6.07) is 5.64. The van der Waals surface area contributed by atoms with Crippen LogP contribution in [0.15, 0.2) is 41.6 Å². The van der Waals surface area contributed by atoms with E-state index in [1.165, 1.54) is 0 Å². The van der Waals surface area contributed by atoms with E-state index >= 15 is 0 Å². The fourth-order valence-electron chi connectivity index (χ4n) is 1.87. The molecule has 5 nitrogen and oxygen atoms in total. The summed E-state index contributed by atoms with van der Waals surface area (Å²) < 4.78 is 3.79. The maximum atomic E-state index is 11.6. The number of aryl methyl sites for hydroxylation is 2. The van der Waals surface area contributed by atoms with Crippen molar-refractivity contribution in [2.45, 2.75) is 39.5 Å². The maximum Gasteiger partial charge on any atom is 0.250 e. The SMILES string of the molecule is CC(C)NCc1nccn1CCn1ccccc1=O. The van der Waals surface area contributed by atoms with Crippen LogP contribution in [-0.2, 0) is 19.6 Å². The van der Waals surface area contributed by atoms with Crippen LogP contribution in [0.4, 0.5) is 0 Å². The van der Waals surface area contributed by atoms with E-state index in [-0.39, 0.29) is 5.56 Å². The second kappa shape index (κ2) is 6.33. The lowest BCUT2D eigenvalue weighted by Gasteiger charge is -2.11. The standard InChI is InChI=1S/C14H20N4O/c1-12(2)16-11-13-15-6-8-17(13)9-10-18-7-4-3-5-14(18)19/h3-8,12,16H,9-11H2,1-2H3. The highest BCUT2D eigenvalue weighted by Crippen LogP contribution is 1.99. The third kappa shape index (κ3) is 3.79. The first kappa shape index (κ1) is 13.5. The van der Waals surface area contributed by atoms with Gasteiger partial charge in [0.1, 0.15) is 5.82 Å². The maximum absolute atomic E-state index is 11.6. The molecule has 0 amide bonds. The van der Waals surface area contributed by atoms with Crippen LogP contribution in [0, 0.1) is 0 Å². The topological polar surface area (TPSA) is 51.9 Å². The number of nitrogens with one attached hydrogen (secondary N) is 1. The largest absolute Gasteiger partial charge is 0.332 e. The normalized spacial score (nSPS) is 11.1. The summed E-state index contributed by atoms with van der Waals surface area (Å²) in [5, 5.41) is 3.35. The van der Waals surface area contributed by atoms with E-state index < -0.39 is 0 Å². The van der Waals surface area contributed by atoms with E-state index in [2.05, 4.69) is 28.7 Å². The molecule has 0 aliphatic heterocycles. The molecular formula is C14H20N4O. The monoisotopic (exact) mass is 260 g/mol. The van der Waals surface area contributed by atoms with E-state index in [1.54, 1.807) is 22.9 Å². The minimum Gasteiger partial charge on any atom is -0.332 e. The van der Waals surface area contributed by atoms with Gasteiger partial charge in [-0.25, -0.2) is 4.98 Å². The fraction of sp³-hybridized carbons (Fsp3) is 0.429. The van der Waals surface area contributed by atoms with Gasteiger partial charge < -0.3 is 14.5 Å². The van der Waals surface area contributed by atoms with Gasteiger partial charge in [0, 0.05) is 43.8 Å². The number of nitrogens with zero attached hydrogens (tertiary/aromatic N) is 3. The molecule has 0 aromatic carbocycles. The Labute approximate surface area is 112 Å². The van der Waals surface area contributed by atoms with Gasteiger partial charge in [0.2, 0.25) is 0 Å². The Morgan fingerprint density at radius 2 is 2.00 bits per heavy atom. The quantitative estimate of drug-likeness (QED) is 0.850. The number of hydrogen-bond donors (Lipinski definition) is 1. The second-order valence-corrected chi connectivity index (χ2v) is 4.80. The predicted molar refractivity (Wildman–Crippen MR) is 74.9 cm³/mol. The van der Waals surface area contributed by atoms with Crippen LogP contribution < -0.4 is 10.9 Å². The molecule has 0 spiro atoms. The number of pyridine rings is 1. The minimum atomic E-state index is 0.0319. The van der Waals surface area contributed by atoms with Gasteiger partial charge in [-0.05, 0) is 6.07 Å². The number of imidazole rings is 1. The number of hydrogen-bond acceptors (Lipinski definition) is 3. The average molecular weight is 260 g/mol. The number of rotatable bonds is 6. The molecule has 0 atom stereocenters. The Hall–Kier alpha value is -1.88. The second-order valence-electron chi connectivity index (χ2n) is 4.80. The highest BCUT2D eigenvalue weighted by Gasteiger charge is 2.03. The van der Waals surface area contributed by atoms with Crippen molar-refractivity contribution in [1.29, 1.82) is 0 Å². The van der Waals surface area contributed by atoms with Crippen LogP contribution >= 0.6 is 0 Å². The van der Waals surface area contributed by atoms with Gasteiger partial charge in [0.25, 0.3) is 5.56 Å². The summed E-state index contributed by atoms with van der Waals surface area (Å²) in [4.78, 5) is 15.9. The molecule has 1 N–H and O–H groups in total. The molecule has 0 unspecified atom stereocenters. The summed E-state index contributed by atoms with van der Waals surface area (Å²) in [5.74, 6) is 0.998. The van der Waals surface area contributed by atoms with E-state index in [1.807, 2.05) is 18.5 Å². The van der Waals surface area contributed by atoms with Crippen LogP contribution in [0.1, 0.15) is 19.7 Å². The molecule has 102 valence electrons.